The van der Waals surface area contributed by atoms with Crippen LogP contribution in [0.2, 0.25) is 0 Å². The number of nitrogens with two attached hydrogens (primary N) is 2. The van der Waals surface area contributed by atoms with Gasteiger partial charge in [-0.3, -0.25) is 11.5 Å². The molecule has 0 aliphatic rings. The summed E-state index contributed by atoms with van der Waals surface area (Å²) in [5.74, 6) is -0.973. The van der Waals surface area contributed by atoms with Gasteiger partial charge in [0.25, 0.3) is 0 Å². The van der Waals surface area contributed by atoms with Crippen LogP contribution in [0.25, 0.3) is 0 Å². The summed E-state index contributed by atoms with van der Waals surface area (Å²) < 4.78 is 10.6. The van der Waals surface area contributed by atoms with Crippen LogP contribution < -0.4 is 11.5 Å². The van der Waals surface area contributed by atoms with Gasteiger partial charge < -0.3 is 9.47 Å². The van der Waals surface area contributed by atoms with Crippen LogP contribution >= 0.6 is 0 Å². The molecule has 0 aliphatic heterocycles. The topological polar surface area (TPSA) is 105 Å². The van der Waals surface area contributed by atoms with Crippen molar-refractivity contribution in [2.24, 2.45) is 11.5 Å². The van der Waals surface area contributed by atoms with Crippen molar-refractivity contribution in [1.82, 2.24) is 0 Å². The van der Waals surface area contributed by atoms with Gasteiger partial charge in [-0.1, -0.05) is 65.2 Å². The van der Waals surface area contributed by atoms with Crippen LogP contribution in [0.1, 0.15) is 112 Å². The van der Waals surface area contributed by atoms with Gasteiger partial charge in [0.1, 0.15) is 0 Å². The summed E-state index contributed by atoms with van der Waals surface area (Å²) in [5, 5.41) is 0. The molecule has 1 aromatic carbocycles. The highest BCUT2D eigenvalue weighted by molar-refractivity contribution is 5.93. The quantitative estimate of drug-likeness (QED) is 0.214. The molecule has 0 radical (unpaired) electrons. The Morgan fingerprint density at radius 2 is 1.00 bits per heavy atom. The first kappa shape index (κ1) is 26.1. The smallest absolute Gasteiger partial charge is 0.339 e. The first-order chi connectivity index (χ1) is 14.5. The minimum Gasteiger partial charge on any atom is -0.443 e. The standard InChI is InChI=1S/C24H40N2O4/c1-3-5-7-9-11-13-21(25)29-23(27)19-15-17-20(18-16-19)24(28)30-22(26)14-12-10-8-6-4-2/h15-18,21-22H,3-14,25-26H2,1-2H3. The predicted molar refractivity (Wildman–Crippen MR) is 120 cm³/mol. The Bertz CT molecular complexity index is 551. The molecule has 0 heterocycles. The number of carbonyl (C=O) groups is 2. The lowest BCUT2D eigenvalue weighted by molar-refractivity contribution is 0.0276. The Morgan fingerprint density at radius 1 is 0.667 bits per heavy atom. The lowest BCUT2D eigenvalue weighted by Crippen LogP contribution is -2.27. The van der Waals surface area contributed by atoms with E-state index in [-0.39, 0.29) is 0 Å². The minimum atomic E-state index is -0.612. The van der Waals surface area contributed by atoms with E-state index >= 15 is 0 Å². The number of hydrogen-bond acceptors (Lipinski definition) is 6. The van der Waals surface area contributed by atoms with Gasteiger partial charge in [-0.05, 0) is 49.9 Å². The van der Waals surface area contributed by atoms with Gasteiger partial charge in [-0.15, -0.1) is 0 Å². The monoisotopic (exact) mass is 420 g/mol. The zero-order valence-electron chi connectivity index (χ0n) is 18.7. The van der Waals surface area contributed by atoms with Gasteiger partial charge in [-0.25, -0.2) is 9.59 Å². The third kappa shape index (κ3) is 11.3. The number of rotatable bonds is 16. The van der Waals surface area contributed by atoms with Crippen LogP contribution in [0, 0.1) is 0 Å². The predicted octanol–water partition coefficient (Wildman–Crippen LogP) is 5.29. The van der Waals surface area contributed by atoms with Gasteiger partial charge in [0, 0.05) is 0 Å². The van der Waals surface area contributed by atoms with Crippen molar-refractivity contribution in [1.29, 1.82) is 0 Å². The second-order valence-electron chi connectivity index (χ2n) is 7.87. The summed E-state index contributed by atoms with van der Waals surface area (Å²) >= 11 is 0. The van der Waals surface area contributed by atoms with Crippen molar-refractivity contribution in [2.45, 2.75) is 103 Å². The van der Waals surface area contributed by atoms with E-state index in [2.05, 4.69) is 13.8 Å². The number of hydrogen-bond donors (Lipinski definition) is 2. The van der Waals surface area contributed by atoms with Crippen LogP contribution in [-0.4, -0.2) is 24.4 Å². The normalized spacial score (nSPS) is 12.9. The van der Waals surface area contributed by atoms with E-state index < -0.39 is 24.4 Å². The SMILES string of the molecule is CCCCCCCC(N)OC(=O)c1ccc(C(=O)OC(N)CCCCCCC)cc1. The molecule has 1 aromatic rings. The molecule has 30 heavy (non-hydrogen) atoms. The van der Waals surface area contributed by atoms with E-state index in [4.69, 9.17) is 20.9 Å². The van der Waals surface area contributed by atoms with E-state index in [1.165, 1.54) is 38.5 Å². The highest BCUT2D eigenvalue weighted by Gasteiger charge is 2.15. The molecular formula is C24H40N2O4. The molecule has 4 N–H and O–H groups in total. The van der Waals surface area contributed by atoms with E-state index in [1.807, 2.05) is 0 Å². The fraction of sp³-hybridized carbons (Fsp3) is 0.667. The first-order valence-corrected chi connectivity index (χ1v) is 11.5. The third-order valence-corrected chi connectivity index (χ3v) is 5.06. The Morgan fingerprint density at radius 3 is 1.33 bits per heavy atom. The number of esters is 2. The molecule has 1 rings (SSSR count). The highest BCUT2D eigenvalue weighted by atomic mass is 16.6. The van der Waals surface area contributed by atoms with Gasteiger partial charge in [0.05, 0.1) is 11.1 Å². The summed E-state index contributed by atoms with van der Waals surface area (Å²) in [5.41, 5.74) is 12.5. The number of benzene rings is 1. The number of unbranched alkanes of at least 4 members (excludes halogenated alkanes) is 8. The lowest BCUT2D eigenvalue weighted by atomic mass is 10.1. The molecule has 170 valence electrons. The molecule has 2 atom stereocenters. The van der Waals surface area contributed by atoms with E-state index in [0.29, 0.717) is 24.0 Å². The average Bonchev–Trinajstić information content (AvgIpc) is 2.73. The van der Waals surface area contributed by atoms with E-state index in [0.717, 1.165) is 25.7 Å². The van der Waals surface area contributed by atoms with Gasteiger partial charge >= 0.3 is 11.9 Å². The Balaban J connectivity index is 2.36. The van der Waals surface area contributed by atoms with Crippen LogP contribution in [-0.2, 0) is 9.47 Å². The number of carbonyl (C=O) groups excluding carboxylic acids is 2. The Kier molecular flexibility index (Phi) is 13.8. The Hall–Kier alpha value is -1.92. The van der Waals surface area contributed by atoms with Crippen molar-refractivity contribution < 1.29 is 19.1 Å². The van der Waals surface area contributed by atoms with Crippen LogP contribution in [0.3, 0.4) is 0 Å². The van der Waals surface area contributed by atoms with Crippen molar-refractivity contribution >= 4 is 11.9 Å². The average molecular weight is 421 g/mol. The fourth-order valence-electron chi connectivity index (χ4n) is 3.17. The van der Waals surface area contributed by atoms with Gasteiger partial charge in [-0.2, -0.15) is 0 Å². The number of ether oxygens (including phenoxy) is 2. The summed E-state index contributed by atoms with van der Waals surface area (Å²) in [4.78, 5) is 24.4. The van der Waals surface area contributed by atoms with Crippen molar-refractivity contribution in [3.8, 4) is 0 Å². The molecule has 0 fully saturated rings. The van der Waals surface area contributed by atoms with Crippen molar-refractivity contribution in [2.75, 3.05) is 0 Å². The summed E-state index contributed by atoms with van der Waals surface area (Å²) in [6.07, 6.45) is 11.3. The maximum absolute atomic E-state index is 12.2. The molecule has 0 aliphatic carbocycles. The molecule has 0 spiro atoms. The van der Waals surface area contributed by atoms with Crippen molar-refractivity contribution in [3.63, 3.8) is 0 Å². The molecule has 0 saturated heterocycles. The fourth-order valence-corrected chi connectivity index (χ4v) is 3.17. The lowest BCUT2D eigenvalue weighted by Gasteiger charge is -2.14. The van der Waals surface area contributed by atoms with Crippen LogP contribution in [0.5, 0.6) is 0 Å². The molecule has 0 bridgehead atoms. The zero-order valence-corrected chi connectivity index (χ0v) is 18.7. The zero-order chi connectivity index (χ0) is 22.2. The third-order valence-electron chi connectivity index (χ3n) is 5.06. The second kappa shape index (κ2) is 15.9. The molecule has 0 amide bonds. The summed E-state index contributed by atoms with van der Waals surface area (Å²) in [6.45, 7) is 4.34. The molecule has 0 saturated carbocycles. The van der Waals surface area contributed by atoms with Crippen LogP contribution in [0.4, 0.5) is 0 Å². The summed E-state index contributed by atoms with van der Waals surface area (Å²) in [6, 6.07) is 6.18. The second-order valence-corrected chi connectivity index (χ2v) is 7.87. The molecule has 6 heteroatoms. The van der Waals surface area contributed by atoms with Crippen molar-refractivity contribution in [3.05, 3.63) is 35.4 Å². The van der Waals surface area contributed by atoms with Gasteiger partial charge in [0.2, 0.25) is 0 Å². The largest absolute Gasteiger partial charge is 0.443 e. The minimum absolute atomic E-state index is 0.355. The highest BCUT2D eigenvalue weighted by Crippen LogP contribution is 2.13. The summed E-state index contributed by atoms with van der Waals surface area (Å²) in [7, 11) is 0. The van der Waals surface area contributed by atoms with E-state index in [1.54, 1.807) is 24.3 Å². The van der Waals surface area contributed by atoms with Gasteiger partial charge in [0.15, 0.2) is 12.5 Å². The maximum Gasteiger partial charge on any atom is 0.339 e. The molecule has 6 nitrogen and oxygen atoms in total. The van der Waals surface area contributed by atoms with Crippen LogP contribution in [0.15, 0.2) is 24.3 Å². The first-order valence-electron chi connectivity index (χ1n) is 11.5. The van der Waals surface area contributed by atoms with E-state index in [9.17, 15) is 9.59 Å². The maximum atomic E-state index is 12.2. The molecular weight excluding hydrogens is 380 g/mol. The molecule has 0 aromatic heterocycles. The Labute approximate surface area is 181 Å². The molecule has 2 unspecified atom stereocenters.